The molecule has 0 unspecified atom stereocenters. The monoisotopic (exact) mass is 195 g/mol. The van der Waals surface area contributed by atoms with Crippen LogP contribution in [0.4, 0.5) is 0 Å². The number of carbonyl (C=O) groups is 1. The molecule has 0 saturated heterocycles. The van der Waals surface area contributed by atoms with Crippen LogP contribution in [0.25, 0.3) is 0 Å². The van der Waals surface area contributed by atoms with E-state index in [0.29, 0.717) is 23.9 Å². The largest absolute Gasteiger partial charge is 0.475 e. The Morgan fingerprint density at radius 3 is 2.86 bits per heavy atom. The van der Waals surface area contributed by atoms with Crippen LogP contribution in [0.1, 0.15) is 54.2 Å². The fourth-order valence-electron chi connectivity index (χ4n) is 1.49. The summed E-state index contributed by atoms with van der Waals surface area (Å²) < 4.78 is 5.21. The first kappa shape index (κ1) is 9.24. The molecule has 1 aliphatic carbocycles. The van der Waals surface area contributed by atoms with Crippen LogP contribution in [0.5, 0.6) is 0 Å². The normalized spacial score (nSPS) is 15.8. The Morgan fingerprint density at radius 1 is 1.64 bits per heavy atom. The van der Waals surface area contributed by atoms with Crippen molar-refractivity contribution in [3.63, 3.8) is 0 Å². The Morgan fingerprint density at radius 2 is 2.36 bits per heavy atom. The van der Waals surface area contributed by atoms with Crippen LogP contribution in [0, 0.1) is 0 Å². The zero-order valence-corrected chi connectivity index (χ0v) is 8.12. The van der Waals surface area contributed by atoms with Crippen molar-refractivity contribution >= 4 is 5.97 Å². The SMILES string of the molecule is CCCc1nc(C2CC2)c(C(=O)O)o1. The standard InChI is InChI=1S/C10H13NO3/c1-2-3-7-11-8(6-4-5-6)9(14-7)10(12)13/h6H,2-5H2,1H3,(H,12,13). The Balaban J connectivity index is 2.30. The molecule has 4 heteroatoms. The second-order valence-electron chi connectivity index (χ2n) is 3.65. The zero-order chi connectivity index (χ0) is 10.1. The predicted molar refractivity (Wildman–Crippen MR) is 49.4 cm³/mol. The minimum absolute atomic E-state index is 0.0518. The number of aromatic nitrogens is 1. The third-order valence-electron chi connectivity index (χ3n) is 2.32. The lowest BCUT2D eigenvalue weighted by atomic mass is 10.2. The van der Waals surface area contributed by atoms with E-state index in [0.717, 1.165) is 19.3 Å². The molecule has 4 nitrogen and oxygen atoms in total. The summed E-state index contributed by atoms with van der Waals surface area (Å²) in [4.78, 5) is 15.1. The molecule has 1 heterocycles. The predicted octanol–water partition coefficient (Wildman–Crippen LogP) is 2.20. The van der Waals surface area contributed by atoms with Crippen molar-refractivity contribution in [3.8, 4) is 0 Å². The minimum atomic E-state index is -0.998. The summed E-state index contributed by atoms with van der Waals surface area (Å²) in [5, 5.41) is 8.89. The molecule has 0 aliphatic heterocycles. The molecule has 1 aromatic heterocycles. The molecule has 2 rings (SSSR count). The van der Waals surface area contributed by atoms with Crippen molar-refractivity contribution in [2.45, 2.75) is 38.5 Å². The summed E-state index contributed by atoms with van der Waals surface area (Å²) in [5.41, 5.74) is 0.654. The average Bonchev–Trinajstić information content (AvgIpc) is 2.88. The lowest BCUT2D eigenvalue weighted by molar-refractivity contribution is 0.0658. The van der Waals surface area contributed by atoms with Crippen LogP contribution in [0.15, 0.2) is 4.42 Å². The van der Waals surface area contributed by atoms with Gasteiger partial charge in [-0.05, 0) is 19.3 Å². The minimum Gasteiger partial charge on any atom is -0.475 e. The van der Waals surface area contributed by atoms with Gasteiger partial charge in [0.15, 0.2) is 5.89 Å². The molecule has 1 fully saturated rings. The van der Waals surface area contributed by atoms with Crippen molar-refractivity contribution < 1.29 is 14.3 Å². The molecule has 1 aromatic rings. The van der Waals surface area contributed by atoms with E-state index >= 15 is 0 Å². The molecule has 1 aliphatic rings. The molecule has 0 aromatic carbocycles. The lowest BCUT2D eigenvalue weighted by Gasteiger charge is -1.89. The van der Waals surface area contributed by atoms with Crippen LogP contribution >= 0.6 is 0 Å². The molecule has 1 saturated carbocycles. The number of oxazole rings is 1. The molecule has 0 amide bonds. The van der Waals surface area contributed by atoms with Crippen LogP contribution in [0.3, 0.4) is 0 Å². The van der Waals surface area contributed by atoms with E-state index in [1.807, 2.05) is 6.92 Å². The highest BCUT2D eigenvalue weighted by Crippen LogP contribution is 2.41. The fraction of sp³-hybridized carbons (Fsp3) is 0.600. The smallest absolute Gasteiger partial charge is 0.373 e. The molecule has 0 radical (unpaired) electrons. The van der Waals surface area contributed by atoms with Crippen molar-refractivity contribution in [1.29, 1.82) is 0 Å². The Kier molecular flexibility index (Phi) is 2.27. The van der Waals surface area contributed by atoms with E-state index in [-0.39, 0.29) is 5.76 Å². The number of hydrogen-bond acceptors (Lipinski definition) is 3. The van der Waals surface area contributed by atoms with Crippen LogP contribution in [0.2, 0.25) is 0 Å². The topological polar surface area (TPSA) is 63.3 Å². The molecular formula is C10H13NO3. The van der Waals surface area contributed by atoms with Gasteiger partial charge in [-0.15, -0.1) is 0 Å². The maximum atomic E-state index is 10.8. The van der Waals surface area contributed by atoms with Gasteiger partial charge in [0.1, 0.15) is 0 Å². The highest BCUT2D eigenvalue weighted by atomic mass is 16.4. The highest BCUT2D eigenvalue weighted by molar-refractivity contribution is 5.85. The first-order valence-electron chi connectivity index (χ1n) is 4.95. The van der Waals surface area contributed by atoms with E-state index in [1.54, 1.807) is 0 Å². The summed E-state index contributed by atoms with van der Waals surface area (Å²) in [6.07, 6.45) is 3.72. The molecular weight excluding hydrogens is 182 g/mol. The van der Waals surface area contributed by atoms with Crippen molar-refractivity contribution in [2.75, 3.05) is 0 Å². The van der Waals surface area contributed by atoms with E-state index < -0.39 is 5.97 Å². The number of carboxylic acids is 1. The zero-order valence-electron chi connectivity index (χ0n) is 8.12. The van der Waals surface area contributed by atoms with Crippen molar-refractivity contribution in [2.24, 2.45) is 0 Å². The van der Waals surface area contributed by atoms with Crippen LogP contribution in [-0.4, -0.2) is 16.1 Å². The second-order valence-corrected chi connectivity index (χ2v) is 3.65. The van der Waals surface area contributed by atoms with Crippen molar-refractivity contribution in [3.05, 3.63) is 17.3 Å². The van der Waals surface area contributed by atoms with E-state index in [9.17, 15) is 4.79 Å². The third kappa shape index (κ3) is 1.64. The van der Waals surface area contributed by atoms with Gasteiger partial charge >= 0.3 is 5.97 Å². The number of carboxylic acid groups (broad SMARTS) is 1. The van der Waals surface area contributed by atoms with Gasteiger partial charge in [-0.3, -0.25) is 0 Å². The maximum Gasteiger partial charge on any atom is 0.373 e. The number of aromatic carboxylic acids is 1. The van der Waals surface area contributed by atoms with Gasteiger partial charge in [0, 0.05) is 12.3 Å². The van der Waals surface area contributed by atoms with Gasteiger partial charge in [0.25, 0.3) is 0 Å². The van der Waals surface area contributed by atoms with Crippen LogP contribution < -0.4 is 0 Å². The van der Waals surface area contributed by atoms with Crippen molar-refractivity contribution in [1.82, 2.24) is 4.98 Å². The van der Waals surface area contributed by atoms with E-state index in [4.69, 9.17) is 9.52 Å². The van der Waals surface area contributed by atoms with E-state index in [1.165, 1.54) is 0 Å². The molecule has 0 spiro atoms. The number of rotatable bonds is 4. The summed E-state index contributed by atoms with van der Waals surface area (Å²) in [6.45, 7) is 2.02. The van der Waals surface area contributed by atoms with Gasteiger partial charge in [-0.25, -0.2) is 9.78 Å². The Labute approximate surface area is 81.9 Å². The quantitative estimate of drug-likeness (QED) is 0.799. The second kappa shape index (κ2) is 3.44. The Hall–Kier alpha value is -1.32. The van der Waals surface area contributed by atoms with Crippen LogP contribution in [-0.2, 0) is 6.42 Å². The average molecular weight is 195 g/mol. The number of hydrogen-bond donors (Lipinski definition) is 1. The number of aryl methyl sites for hydroxylation is 1. The molecule has 0 bridgehead atoms. The first-order valence-corrected chi connectivity index (χ1v) is 4.95. The molecule has 1 N–H and O–H groups in total. The summed E-state index contributed by atoms with van der Waals surface area (Å²) in [7, 11) is 0. The fourth-order valence-corrected chi connectivity index (χ4v) is 1.49. The first-order chi connectivity index (χ1) is 6.72. The van der Waals surface area contributed by atoms with Gasteiger partial charge in [0.05, 0.1) is 5.69 Å². The molecule has 14 heavy (non-hydrogen) atoms. The third-order valence-corrected chi connectivity index (χ3v) is 2.32. The molecule has 0 atom stereocenters. The van der Waals surface area contributed by atoms with Gasteiger partial charge < -0.3 is 9.52 Å². The van der Waals surface area contributed by atoms with E-state index in [2.05, 4.69) is 4.98 Å². The summed E-state index contributed by atoms with van der Waals surface area (Å²) in [5.74, 6) is -0.0556. The Bertz CT molecular complexity index is 352. The summed E-state index contributed by atoms with van der Waals surface area (Å²) >= 11 is 0. The number of nitrogens with zero attached hydrogens (tertiary/aromatic N) is 1. The lowest BCUT2D eigenvalue weighted by Crippen LogP contribution is -1.98. The maximum absolute atomic E-state index is 10.8. The molecule has 76 valence electrons. The highest BCUT2D eigenvalue weighted by Gasteiger charge is 2.33. The van der Waals surface area contributed by atoms with Gasteiger partial charge in [0.2, 0.25) is 5.76 Å². The van der Waals surface area contributed by atoms with Gasteiger partial charge in [-0.1, -0.05) is 6.92 Å². The van der Waals surface area contributed by atoms with Gasteiger partial charge in [-0.2, -0.15) is 0 Å². The summed E-state index contributed by atoms with van der Waals surface area (Å²) in [6, 6.07) is 0.